The van der Waals surface area contributed by atoms with Crippen LogP contribution < -0.4 is 0 Å². The molecular weight excluding hydrogens is 330 g/mol. The smallest absolute Gasteiger partial charge is 0.323 e. The lowest BCUT2D eigenvalue weighted by Crippen LogP contribution is -2.39. The molecule has 2 atom stereocenters. The maximum absolute atomic E-state index is 12.5. The molecular formula is C21H23NO4. The van der Waals surface area contributed by atoms with Gasteiger partial charge in [0.05, 0.1) is 14.2 Å². The molecule has 0 radical (unpaired) electrons. The molecule has 1 aromatic heterocycles. The summed E-state index contributed by atoms with van der Waals surface area (Å²) in [7, 11) is 2.59. The van der Waals surface area contributed by atoms with Crippen LogP contribution in [0.5, 0.6) is 0 Å². The van der Waals surface area contributed by atoms with Gasteiger partial charge in [-0.25, -0.2) is 0 Å². The number of benzene rings is 1. The quantitative estimate of drug-likeness (QED) is 0.508. The molecule has 3 rings (SSSR count). The van der Waals surface area contributed by atoms with Gasteiger partial charge >= 0.3 is 11.9 Å². The number of H-pyrrole nitrogens is 1. The Morgan fingerprint density at radius 1 is 1.12 bits per heavy atom. The van der Waals surface area contributed by atoms with Crippen LogP contribution in [0.2, 0.25) is 0 Å². The van der Waals surface area contributed by atoms with Crippen molar-refractivity contribution < 1.29 is 19.1 Å². The monoisotopic (exact) mass is 353 g/mol. The van der Waals surface area contributed by atoms with Crippen molar-refractivity contribution in [1.29, 1.82) is 0 Å². The van der Waals surface area contributed by atoms with Crippen LogP contribution >= 0.6 is 0 Å². The van der Waals surface area contributed by atoms with Gasteiger partial charge in [-0.2, -0.15) is 0 Å². The molecule has 5 heteroatoms. The second-order valence-corrected chi connectivity index (χ2v) is 6.72. The molecule has 0 bridgehead atoms. The number of hydrogen-bond donors (Lipinski definition) is 1. The number of carbonyl (C=O) groups is 2. The highest BCUT2D eigenvalue weighted by Crippen LogP contribution is 2.52. The Morgan fingerprint density at radius 2 is 1.77 bits per heavy atom. The molecule has 1 saturated carbocycles. The Hall–Kier alpha value is -2.82. The summed E-state index contributed by atoms with van der Waals surface area (Å²) in [5, 5.41) is 0. The van der Waals surface area contributed by atoms with Gasteiger partial charge in [0.1, 0.15) is 0 Å². The van der Waals surface area contributed by atoms with Crippen molar-refractivity contribution in [3.8, 4) is 0 Å². The average Bonchev–Trinajstić information content (AvgIpc) is 3.31. The Balaban J connectivity index is 2.04. The number of methoxy groups -OCH3 is 2. The predicted molar refractivity (Wildman–Crippen MR) is 97.4 cm³/mol. The molecule has 1 aromatic carbocycles. The van der Waals surface area contributed by atoms with E-state index in [1.165, 1.54) is 14.2 Å². The lowest BCUT2D eigenvalue weighted by atomic mass is 9.78. The third-order valence-corrected chi connectivity index (χ3v) is 5.29. The number of carbonyl (C=O) groups excluding carboxylic acids is 2. The fourth-order valence-electron chi connectivity index (χ4n) is 4.08. The van der Waals surface area contributed by atoms with E-state index < -0.39 is 17.4 Å². The summed E-state index contributed by atoms with van der Waals surface area (Å²) < 4.78 is 9.89. The zero-order valence-electron chi connectivity index (χ0n) is 15.0. The van der Waals surface area contributed by atoms with Gasteiger partial charge in [0, 0.05) is 17.8 Å². The summed E-state index contributed by atoms with van der Waals surface area (Å²) in [6.07, 6.45) is 2.42. The minimum Gasteiger partial charge on any atom is -0.468 e. The molecule has 1 fully saturated rings. The summed E-state index contributed by atoms with van der Waals surface area (Å²) >= 11 is 0. The number of hydrogen-bond acceptors (Lipinski definition) is 4. The molecule has 0 amide bonds. The lowest BCUT2D eigenvalue weighted by molar-refractivity contribution is -0.168. The largest absolute Gasteiger partial charge is 0.468 e. The van der Waals surface area contributed by atoms with Gasteiger partial charge in [0.15, 0.2) is 5.41 Å². The van der Waals surface area contributed by atoms with Crippen molar-refractivity contribution in [2.24, 2.45) is 11.3 Å². The Bertz CT molecular complexity index is 779. The van der Waals surface area contributed by atoms with Crippen LogP contribution in [0.1, 0.15) is 30.0 Å². The Morgan fingerprint density at radius 3 is 2.31 bits per heavy atom. The maximum Gasteiger partial charge on any atom is 0.323 e. The normalized spacial score (nSPS) is 19.8. The zero-order valence-corrected chi connectivity index (χ0v) is 15.0. The van der Waals surface area contributed by atoms with E-state index in [4.69, 9.17) is 9.47 Å². The second-order valence-electron chi connectivity index (χ2n) is 6.72. The van der Waals surface area contributed by atoms with Crippen molar-refractivity contribution in [1.82, 2.24) is 4.98 Å². The standard InChI is InChI=1S/C21H23NO4/c1-14-12-21(19(23)25-2,20(24)26-3)13-16(14)18(17-10-7-11-22-17)15-8-5-4-6-9-15/h4-11,16,18,22H,1,12-13H2,2-3H3/t16-,18-/m0/s1. The second kappa shape index (κ2) is 7.20. The maximum atomic E-state index is 12.5. The summed E-state index contributed by atoms with van der Waals surface area (Å²) in [6, 6.07) is 14.0. The number of nitrogens with one attached hydrogen (secondary N) is 1. The third kappa shape index (κ3) is 2.94. The molecule has 0 aliphatic heterocycles. The van der Waals surface area contributed by atoms with Crippen LogP contribution in [0.25, 0.3) is 0 Å². The van der Waals surface area contributed by atoms with Crippen molar-refractivity contribution in [3.63, 3.8) is 0 Å². The average molecular weight is 353 g/mol. The molecule has 26 heavy (non-hydrogen) atoms. The molecule has 1 aliphatic rings. The van der Waals surface area contributed by atoms with E-state index in [9.17, 15) is 9.59 Å². The number of rotatable bonds is 5. The first-order valence-electron chi connectivity index (χ1n) is 8.56. The Kier molecular flexibility index (Phi) is 4.98. The molecule has 136 valence electrons. The van der Waals surface area contributed by atoms with Crippen molar-refractivity contribution in [2.75, 3.05) is 14.2 Å². The van der Waals surface area contributed by atoms with Gasteiger partial charge in [0.25, 0.3) is 0 Å². The highest BCUT2D eigenvalue weighted by molar-refractivity contribution is 6.01. The van der Waals surface area contributed by atoms with Gasteiger partial charge in [-0.3, -0.25) is 9.59 Å². The number of allylic oxidation sites excluding steroid dienone is 1. The van der Waals surface area contributed by atoms with E-state index in [2.05, 4.69) is 23.7 Å². The molecule has 5 nitrogen and oxygen atoms in total. The highest BCUT2D eigenvalue weighted by Gasteiger charge is 2.56. The fraction of sp³-hybridized carbons (Fsp3) is 0.333. The predicted octanol–water partition coefficient (Wildman–Crippen LogP) is 3.45. The molecule has 0 spiro atoms. The van der Waals surface area contributed by atoms with Gasteiger partial charge in [-0.05, 0) is 36.5 Å². The molecule has 0 unspecified atom stereocenters. The molecule has 1 heterocycles. The SMILES string of the molecule is C=C1CC(C(=O)OC)(C(=O)OC)C[C@@H]1[C@H](c1ccccc1)c1ccc[nH]1. The third-order valence-electron chi connectivity index (χ3n) is 5.29. The first kappa shape index (κ1) is 18.0. The van der Waals surface area contributed by atoms with E-state index in [1.54, 1.807) is 0 Å². The summed E-state index contributed by atoms with van der Waals surface area (Å²) in [5.74, 6) is -1.25. The van der Waals surface area contributed by atoms with Gasteiger partial charge in [0.2, 0.25) is 0 Å². The van der Waals surface area contributed by atoms with Crippen LogP contribution in [0, 0.1) is 11.3 Å². The van der Waals surface area contributed by atoms with Crippen molar-refractivity contribution >= 4 is 11.9 Å². The van der Waals surface area contributed by atoms with Gasteiger partial charge in [-0.15, -0.1) is 0 Å². The van der Waals surface area contributed by atoms with Crippen LogP contribution in [-0.4, -0.2) is 31.1 Å². The van der Waals surface area contributed by atoms with Gasteiger partial charge in [-0.1, -0.05) is 42.5 Å². The van der Waals surface area contributed by atoms with E-state index in [0.29, 0.717) is 6.42 Å². The van der Waals surface area contributed by atoms with E-state index in [0.717, 1.165) is 16.8 Å². The van der Waals surface area contributed by atoms with Crippen LogP contribution in [0.3, 0.4) is 0 Å². The number of aromatic amines is 1. The van der Waals surface area contributed by atoms with E-state index in [-0.39, 0.29) is 18.3 Å². The fourth-order valence-corrected chi connectivity index (χ4v) is 4.08. The van der Waals surface area contributed by atoms with Crippen molar-refractivity contribution in [2.45, 2.75) is 18.8 Å². The number of ether oxygens (including phenoxy) is 2. The number of aromatic nitrogens is 1. The molecule has 1 N–H and O–H groups in total. The summed E-state index contributed by atoms with van der Waals surface area (Å²) in [4.78, 5) is 28.3. The van der Waals surface area contributed by atoms with E-state index in [1.807, 2.05) is 36.5 Å². The first-order valence-corrected chi connectivity index (χ1v) is 8.56. The topological polar surface area (TPSA) is 68.4 Å². The van der Waals surface area contributed by atoms with Crippen LogP contribution in [0.4, 0.5) is 0 Å². The molecule has 2 aromatic rings. The lowest BCUT2D eigenvalue weighted by Gasteiger charge is -2.26. The zero-order chi connectivity index (χ0) is 18.7. The summed E-state index contributed by atoms with van der Waals surface area (Å²) in [6.45, 7) is 4.19. The molecule has 0 saturated heterocycles. The highest BCUT2D eigenvalue weighted by atomic mass is 16.5. The van der Waals surface area contributed by atoms with Crippen LogP contribution in [0.15, 0.2) is 60.8 Å². The summed E-state index contributed by atoms with van der Waals surface area (Å²) in [5.41, 5.74) is 1.65. The first-order chi connectivity index (χ1) is 12.5. The minimum atomic E-state index is -1.33. The van der Waals surface area contributed by atoms with Gasteiger partial charge < -0.3 is 14.5 Å². The minimum absolute atomic E-state index is 0.0325. The Labute approximate surface area is 153 Å². The van der Waals surface area contributed by atoms with Crippen molar-refractivity contribution in [3.05, 3.63) is 72.1 Å². The number of esters is 2. The molecule has 1 aliphatic carbocycles. The van der Waals surface area contributed by atoms with Crippen LogP contribution in [-0.2, 0) is 19.1 Å². The van der Waals surface area contributed by atoms with E-state index >= 15 is 0 Å².